The van der Waals surface area contributed by atoms with E-state index in [0.29, 0.717) is 5.92 Å². The molecule has 0 aromatic carbocycles. The SMILES string of the molecule is CC1=CCC[C@@H]2[C@@](C)(CC/C(C)=C/C=O)[C@H](C(=O)O)CC[C@@]12C. The Bertz CT molecular complexity index is 545. The van der Waals surface area contributed by atoms with Crippen molar-refractivity contribution in [2.75, 3.05) is 0 Å². The predicted molar refractivity (Wildman–Crippen MR) is 92.1 cm³/mol. The normalized spacial score (nSPS) is 37.7. The molecule has 3 nitrogen and oxygen atoms in total. The van der Waals surface area contributed by atoms with Crippen LogP contribution < -0.4 is 0 Å². The lowest BCUT2D eigenvalue weighted by Gasteiger charge is -2.57. The summed E-state index contributed by atoms with van der Waals surface area (Å²) in [5.41, 5.74) is 2.39. The Morgan fingerprint density at radius 3 is 2.70 bits per heavy atom. The van der Waals surface area contributed by atoms with Gasteiger partial charge in [0.2, 0.25) is 0 Å². The molecule has 1 fully saturated rings. The molecular weight excluding hydrogens is 288 g/mol. The molecule has 0 spiro atoms. The third-order valence-corrected chi connectivity index (χ3v) is 6.83. The van der Waals surface area contributed by atoms with Gasteiger partial charge in [0.1, 0.15) is 6.29 Å². The molecule has 4 atom stereocenters. The van der Waals surface area contributed by atoms with Crippen LogP contribution in [-0.4, -0.2) is 17.4 Å². The van der Waals surface area contributed by atoms with Crippen molar-refractivity contribution in [2.24, 2.45) is 22.7 Å². The van der Waals surface area contributed by atoms with Gasteiger partial charge < -0.3 is 5.11 Å². The summed E-state index contributed by atoms with van der Waals surface area (Å²) in [4.78, 5) is 22.6. The molecule has 0 amide bonds. The molecule has 2 aliphatic rings. The Balaban J connectivity index is 2.35. The average Bonchev–Trinajstić information content (AvgIpc) is 2.47. The van der Waals surface area contributed by atoms with Crippen molar-refractivity contribution in [3.05, 3.63) is 23.3 Å². The van der Waals surface area contributed by atoms with Gasteiger partial charge in [-0.3, -0.25) is 9.59 Å². The van der Waals surface area contributed by atoms with E-state index in [1.165, 1.54) is 5.57 Å². The van der Waals surface area contributed by atoms with Crippen LogP contribution in [0.5, 0.6) is 0 Å². The molecule has 3 heteroatoms. The summed E-state index contributed by atoms with van der Waals surface area (Å²) in [6.45, 7) is 8.68. The first-order valence-electron chi connectivity index (χ1n) is 8.76. The van der Waals surface area contributed by atoms with Crippen LogP contribution in [0.4, 0.5) is 0 Å². The highest BCUT2D eigenvalue weighted by molar-refractivity contribution is 5.71. The van der Waals surface area contributed by atoms with Crippen LogP contribution >= 0.6 is 0 Å². The molecule has 23 heavy (non-hydrogen) atoms. The standard InChI is InChI=1S/C20H30O3/c1-14(10-13-21)8-11-20(4)16(18(22)23)9-12-19(3)15(2)6-5-7-17(19)20/h6,10,13,16-17H,5,7-9,11-12H2,1-4H3,(H,22,23)/b14-10+/t16-,17-,19-,20-/m0/s1. The quantitative estimate of drug-likeness (QED) is 0.451. The fourth-order valence-electron chi connectivity index (χ4n) is 5.16. The van der Waals surface area contributed by atoms with Crippen LogP contribution in [0.1, 0.15) is 66.2 Å². The molecule has 1 N–H and O–H groups in total. The smallest absolute Gasteiger partial charge is 0.307 e. The van der Waals surface area contributed by atoms with E-state index in [0.717, 1.165) is 50.4 Å². The lowest BCUT2D eigenvalue weighted by molar-refractivity contribution is -0.156. The second-order valence-corrected chi connectivity index (χ2v) is 8.02. The van der Waals surface area contributed by atoms with Gasteiger partial charge >= 0.3 is 5.97 Å². The number of fused-ring (bicyclic) bond motifs is 1. The third-order valence-electron chi connectivity index (χ3n) is 6.83. The van der Waals surface area contributed by atoms with E-state index in [9.17, 15) is 14.7 Å². The summed E-state index contributed by atoms with van der Waals surface area (Å²) in [7, 11) is 0. The van der Waals surface area contributed by atoms with Crippen molar-refractivity contribution in [3.63, 3.8) is 0 Å². The highest BCUT2D eigenvalue weighted by Gasteiger charge is 2.56. The molecule has 0 radical (unpaired) electrons. The topological polar surface area (TPSA) is 54.4 Å². The van der Waals surface area contributed by atoms with E-state index in [-0.39, 0.29) is 16.7 Å². The molecule has 2 rings (SSSR count). The molecule has 0 heterocycles. The average molecular weight is 318 g/mol. The van der Waals surface area contributed by atoms with E-state index < -0.39 is 5.97 Å². The maximum absolute atomic E-state index is 11.9. The van der Waals surface area contributed by atoms with E-state index in [4.69, 9.17) is 0 Å². The molecule has 2 aliphatic carbocycles. The summed E-state index contributed by atoms with van der Waals surface area (Å²) >= 11 is 0. The van der Waals surface area contributed by atoms with E-state index in [1.807, 2.05) is 6.92 Å². The number of hydrogen-bond donors (Lipinski definition) is 1. The number of carbonyl (C=O) groups is 2. The minimum atomic E-state index is -0.654. The number of hydrogen-bond acceptors (Lipinski definition) is 2. The predicted octanol–water partition coefficient (Wildman–Crippen LogP) is 4.78. The van der Waals surface area contributed by atoms with Crippen LogP contribution in [0.3, 0.4) is 0 Å². The van der Waals surface area contributed by atoms with E-state index in [2.05, 4.69) is 26.8 Å². The minimum absolute atomic E-state index is 0.126. The van der Waals surface area contributed by atoms with Gasteiger partial charge in [0.15, 0.2) is 0 Å². The molecule has 0 aliphatic heterocycles. The Labute approximate surface area is 139 Å². The first-order valence-corrected chi connectivity index (χ1v) is 8.76. The maximum Gasteiger partial charge on any atom is 0.307 e. The van der Waals surface area contributed by atoms with Crippen molar-refractivity contribution < 1.29 is 14.7 Å². The Morgan fingerprint density at radius 1 is 1.39 bits per heavy atom. The highest BCUT2D eigenvalue weighted by atomic mass is 16.4. The number of carboxylic acids is 1. The number of carbonyl (C=O) groups excluding carboxylic acids is 1. The minimum Gasteiger partial charge on any atom is -0.481 e. The zero-order chi connectivity index (χ0) is 17.3. The van der Waals surface area contributed by atoms with Gasteiger partial charge in [0, 0.05) is 0 Å². The van der Waals surface area contributed by atoms with Gasteiger partial charge in [0.25, 0.3) is 0 Å². The Hall–Kier alpha value is -1.38. The van der Waals surface area contributed by atoms with Gasteiger partial charge in [-0.05, 0) is 75.2 Å². The van der Waals surface area contributed by atoms with Gasteiger partial charge in [-0.15, -0.1) is 0 Å². The Kier molecular flexibility index (Phi) is 5.17. The zero-order valence-corrected chi connectivity index (χ0v) is 14.9. The van der Waals surface area contributed by atoms with Crippen LogP contribution in [-0.2, 0) is 9.59 Å². The third kappa shape index (κ3) is 3.15. The zero-order valence-electron chi connectivity index (χ0n) is 14.9. The fraction of sp³-hybridized carbons (Fsp3) is 0.700. The monoisotopic (exact) mass is 318 g/mol. The van der Waals surface area contributed by atoms with Crippen molar-refractivity contribution >= 4 is 12.3 Å². The largest absolute Gasteiger partial charge is 0.481 e. The molecule has 1 saturated carbocycles. The highest BCUT2D eigenvalue weighted by Crippen LogP contribution is 2.62. The van der Waals surface area contributed by atoms with Crippen LogP contribution in [0.25, 0.3) is 0 Å². The number of aldehydes is 1. The van der Waals surface area contributed by atoms with Gasteiger partial charge in [0.05, 0.1) is 5.92 Å². The second kappa shape index (κ2) is 6.62. The summed E-state index contributed by atoms with van der Waals surface area (Å²) < 4.78 is 0. The molecule has 0 aromatic rings. The summed E-state index contributed by atoms with van der Waals surface area (Å²) in [5.74, 6) is -0.534. The second-order valence-electron chi connectivity index (χ2n) is 8.02. The molecule has 0 unspecified atom stereocenters. The van der Waals surface area contributed by atoms with Crippen LogP contribution in [0, 0.1) is 22.7 Å². The maximum atomic E-state index is 11.9. The number of carboxylic acid groups (broad SMARTS) is 1. The lowest BCUT2D eigenvalue weighted by atomic mass is 9.46. The first-order chi connectivity index (χ1) is 10.8. The fourth-order valence-corrected chi connectivity index (χ4v) is 5.16. The van der Waals surface area contributed by atoms with E-state index in [1.54, 1.807) is 6.08 Å². The van der Waals surface area contributed by atoms with Crippen LogP contribution in [0.15, 0.2) is 23.3 Å². The molecule has 0 aromatic heterocycles. The summed E-state index contributed by atoms with van der Waals surface area (Å²) in [6, 6.07) is 0. The summed E-state index contributed by atoms with van der Waals surface area (Å²) in [6.07, 6.45) is 10.3. The number of rotatable bonds is 5. The number of allylic oxidation sites excluding steroid dienone is 4. The van der Waals surface area contributed by atoms with Gasteiger partial charge in [-0.1, -0.05) is 31.1 Å². The number of aliphatic carboxylic acids is 1. The van der Waals surface area contributed by atoms with Crippen molar-refractivity contribution in [3.8, 4) is 0 Å². The van der Waals surface area contributed by atoms with Crippen LogP contribution in [0.2, 0.25) is 0 Å². The van der Waals surface area contributed by atoms with Crippen molar-refractivity contribution in [1.29, 1.82) is 0 Å². The molecule has 0 saturated heterocycles. The molecule has 128 valence electrons. The molecule has 0 bridgehead atoms. The molecular formula is C20H30O3. The van der Waals surface area contributed by atoms with Crippen molar-refractivity contribution in [2.45, 2.75) is 66.2 Å². The lowest BCUT2D eigenvalue weighted by Crippen LogP contribution is -2.52. The van der Waals surface area contributed by atoms with Gasteiger partial charge in [-0.2, -0.15) is 0 Å². The van der Waals surface area contributed by atoms with Gasteiger partial charge in [-0.25, -0.2) is 0 Å². The Morgan fingerprint density at radius 2 is 2.09 bits per heavy atom. The van der Waals surface area contributed by atoms with E-state index >= 15 is 0 Å². The van der Waals surface area contributed by atoms with Crippen molar-refractivity contribution in [1.82, 2.24) is 0 Å². The summed E-state index contributed by atoms with van der Waals surface area (Å²) in [5, 5.41) is 9.80. The first kappa shape index (κ1) is 18.0.